The number of ether oxygens (including phenoxy) is 3. The summed E-state index contributed by atoms with van der Waals surface area (Å²) in [6.45, 7) is 4.04. The summed E-state index contributed by atoms with van der Waals surface area (Å²) in [7, 11) is 0. The maximum atomic E-state index is 12.6. The van der Waals surface area contributed by atoms with Crippen LogP contribution in [-0.2, 0) is 23.8 Å². The molecular weight excluding hydrogens is 616 g/mol. The van der Waals surface area contributed by atoms with Crippen molar-refractivity contribution < 1.29 is 34.0 Å². The molecule has 0 aromatic heterocycles. The monoisotopic (exact) mass is 695 g/mol. The number of hydrogen-bond acceptors (Lipinski definition) is 7. The van der Waals surface area contributed by atoms with Gasteiger partial charge in [0.05, 0.1) is 13.2 Å². The highest BCUT2D eigenvalue weighted by Gasteiger charge is 2.45. The Kier molecular flexibility index (Phi) is 31.3. The maximum absolute atomic E-state index is 12.6. The van der Waals surface area contributed by atoms with Crippen molar-refractivity contribution in [3.8, 4) is 0 Å². The van der Waals surface area contributed by atoms with Gasteiger partial charge in [-0.1, -0.05) is 167 Å². The van der Waals surface area contributed by atoms with E-state index in [1.54, 1.807) is 0 Å². The van der Waals surface area contributed by atoms with E-state index in [-0.39, 0.29) is 19.4 Å². The van der Waals surface area contributed by atoms with Crippen molar-refractivity contribution in [2.24, 2.45) is 0 Å². The standard InChI is InChI=1S/C42H78O7/c1-3-5-7-9-11-13-15-17-19-21-23-25-27-29-31-33-39(45)48-38(35-43)42-41(37(44)36-47-42)49-40(46)34-32-30-28-26-24-22-20-18-16-14-12-10-8-6-4-2/h18,20,37-38,41-44H,3-17,19,21-36H2,1-2H3/b20-18-/t37-,38+,41+,42+/m0/s1. The molecule has 0 bridgehead atoms. The molecule has 0 aromatic rings. The fourth-order valence-electron chi connectivity index (χ4n) is 6.71. The molecule has 0 radical (unpaired) electrons. The molecular formula is C42H78O7. The number of aliphatic hydroxyl groups is 2. The third kappa shape index (κ3) is 26.1. The van der Waals surface area contributed by atoms with Crippen molar-refractivity contribution in [2.45, 2.75) is 231 Å². The van der Waals surface area contributed by atoms with E-state index >= 15 is 0 Å². The van der Waals surface area contributed by atoms with Gasteiger partial charge in [0.25, 0.3) is 0 Å². The molecule has 0 amide bonds. The summed E-state index contributed by atoms with van der Waals surface area (Å²) in [5.41, 5.74) is 0. The van der Waals surface area contributed by atoms with E-state index in [9.17, 15) is 19.8 Å². The summed E-state index contributed by atoms with van der Waals surface area (Å²) in [6, 6.07) is 0. The molecule has 1 aliphatic rings. The van der Waals surface area contributed by atoms with E-state index < -0.39 is 43.0 Å². The van der Waals surface area contributed by atoms with Crippen molar-refractivity contribution in [3.63, 3.8) is 0 Å². The van der Waals surface area contributed by atoms with Crippen molar-refractivity contribution in [1.29, 1.82) is 0 Å². The van der Waals surface area contributed by atoms with E-state index in [4.69, 9.17) is 14.2 Å². The minimum Gasteiger partial charge on any atom is -0.457 e. The molecule has 1 aliphatic heterocycles. The first-order valence-corrected chi connectivity index (χ1v) is 21.0. The van der Waals surface area contributed by atoms with Gasteiger partial charge in [0, 0.05) is 12.8 Å². The average molecular weight is 695 g/mol. The fourth-order valence-corrected chi connectivity index (χ4v) is 6.71. The van der Waals surface area contributed by atoms with Crippen LogP contribution in [0.1, 0.15) is 206 Å². The van der Waals surface area contributed by atoms with Crippen LogP contribution >= 0.6 is 0 Å². The Balaban J connectivity index is 2.10. The number of carbonyl (C=O) groups excluding carboxylic acids is 2. The maximum Gasteiger partial charge on any atom is 0.306 e. The number of hydrogen-bond donors (Lipinski definition) is 2. The first kappa shape index (κ1) is 45.6. The van der Waals surface area contributed by atoms with Crippen LogP contribution in [0.5, 0.6) is 0 Å². The molecule has 2 N–H and O–H groups in total. The third-order valence-corrected chi connectivity index (χ3v) is 9.89. The minimum absolute atomic E-state index is 0.0247. The minimum atomic E-state index is -1.01. The lowest BCUT2D eigenvalue weighted by Gasteiger charge is -2.27. The van der Waals surface area contributed by atoms with E-state index in [2.05, 4.69) is 26.0 Å². The van der Waals surface area contributed by atoms with Gasteiger partial charge in [-0.3, -0.25) is 9.59 Å². The van der Waals surface area contributed by atoms with Crippen LogP contribution in [0.4, 0.5) is 0 Å². The van der Waals surface area contributed by atoms with Crippen LogP contribution in [0.3, 0.4) is 0 Å². The molecule has 4 atom stereocenters. The topological polar surface area (TPSA) is 102 Å². The van der Waals surface area contributed by atoms with Gasteiger partial charge in [-0.2, -0.15) is 0 Å². The Morgan fingerprint density at radius 2 is 1.00 bits per heavy atom. The normalized spacial score (nSPS) is 18.3. The van der Waals surface area contributed by atoms with Crippen LogP contribution in [0.15, 0.2) is 12.2 Å². The summed E-state index contributed by atoms with van der Waals surface area (Å²) in [5, 5.41) is 20.4. The summed E-state index contributed by atoms with van der Waals surface area (Å²) in [5.74, 6) is -0.782. The van der Waals surface area contributed by atoms with Gasteiger partial charge >= 0.3 is 11.9 Å². The predicted octanol–water partition coefficient (Wildman–Crippen LogP) is 10.9. The molecule has 1 rings (SSSR count). The van der Waals surface area contributed by atoms with Gasteiger partial charge in [0.2, 0.25) is 0 Å². The van der Waals surface area contributed by atoms with Gasteiger partial charge in [0.1, 0.15) is 12.2 Å². The zero-order valence-electron chi connectivity index (χ0n) is 32.0. The summed E-state index contributed by atoms with van der Waals surface area (Å²) in [6.07, 6.45) is 35.7. The number of aliphatic hydroxyl groups excluding tert-OH is 2. The first-order chi connectivity index (χ1) is 24.0. The second kappa shape index (κ2) is 33.7. The largest absolute Gasteiger partial charge is 0.457 e. The Bertz CT molecular complexity index is 785. The van der Waals surface area contributed by atoms with E-state index in [0.29, 0.717) is 0 Å². The average Bonchev–Trinajstić information content (AvgIpc) is 3.45. The zero-order valence-corrected chi connectivity index (χ0v) is 32.0. The van der Waals surface area contributed by atoms with Crippen molar-refractivity contribution in [1.82, 2.24) is 0 Å². The van der Waals surface area contributed by atoms with E-state index in [1.165, 1.54) is 128 Å². The Morgan fingerprint density at radius 1 is 0.612 bits per heavy atom. The Morgan fingerprint density at radius 3 is 1.43 bits per heavy atom. The lowest BCUT2D eigenvalue weighted by atomic mass is 10.0. The summed E-state index contributed by atoms with van der Waals surface area (Å²) >= 11 is 0. The smallest absolute Gasteiger partial charge is 0.306 e. The van der Waals surface area contributed by atoms with Gasteiger partial charge in [-0.05, 0) is 38.5 Å². The Labute approximate surface area is 301 Å². The van der Waals surface area contributed by atoms with Crippen LogP contribution < -0.4 is 0 Å². The van der Waals surface area contributed by atoms with E-state index in [0.717, 1.165) is 51.4 Å². The van der Waals surface area contributed by atoms with Crippen molar-refractivity contribution in [2.75, 3.05) is 13.2 Å². The Hall–Kier alpha value is -1.44. The lowest BCUT2D eigenvalue weighted by molar-refractivity contribution is -0.171. The quantitative estimate of drug-likeness (QED) is 0.0387. The number of unbranched alkanes of at least 4 members (excludes halogenated alkanes) is 25. The van der Waals surface area contributed by atoms with Crippen LogP contribution in [0.25, 0.3) is 0 Å². The van der Waals surface area contributed by atoms with Gasteiger partial charge in [-0.15, -0.1) is 0 Å². The van der Waals surface area contributed by atoms with Crippen LogP contribution in [-0.4, -0.2) is 59.8 Å². The highest BCUT2D eigenvalue weighted by molar-refractivity contribution is 5.70. The molecule has 0 aliphatic carbocycles. The van der Waals surface area contributed by atoms with Crippen LogP contribution in [0, 0.1) is 0 Å². The molecule has 0 aromatic carbocycles. The molecule has 1 heterocycles. The molecule has 0 saturated carbocycles. The van der Waals surface area contributed by atoms with Crippen LogP contribution in [0.2, 0.25) is 0 Å². The number of allylic oxidation sites excluding steroid dienone is 2. The van der Waals surface area contributed by atoms with E-state index in [1.807, 2.05) is 0 Å². The second-order valence-corrected chi connectivity index (χ2v) is 14.6. The number of esters is 2. The van der Waals surface area contributed by atoms with Gasteiger partial charge < -0.3 is 24.4 Å². The molecule has 1 saturated heterocycles. The SMILES string of the molecule is CCCCCCCC/C=C\CCCCCCCC(=O)O[C@H]1[C@@H]([C@@H](CO)OC(=O)CCCCCCCCCCCCCCCCC)OC[C@@H]1O. The first-order valence-electron chi connectivity index (χ1n) is 21.0. The summed E-state index contributed by atoms with van der Waals surface area (Å²) in [4.78, 5) is 25.1. The molecule has 0 unspecified atom stereocenters. The number of rotatable bonds is 35. The predicted molar refractivity (Wildman–Crippen MR) is 202 cm³/mol. The number of carbonyl (C=O) groups is 2. The molecule has 7 nitrogen and oxygen atoms in total. The molecule has 7 heteroatoms. The molecule has 49 heavy (non-hydrogen) atoms. The van der Waals surface area contributed by atoms with Gasteiger partial charge in [-0.25, -0.2) is 0 Å². The zero-order chi connectivity index (χ0) is 35.6. The summed E-state index contributed by atoms with van der Waals surface area (Å²) < 4.78 is 16.7. The highest BCUT2D eigenvalue weighted by atomic mass is 16.6. The molecule has 1 fully saturated rings. The molecule has 0 spiro atoms. The second-order valence-electron chi connectivity index (χ2n) is 14.6. The lowest BCUT2D eigenvalue weighted by Crippen LogP contribution is -2.45. The fraction of sp³-hybridized carbons (Fsp3) is 0.905. The third-order valence-electron chi connectivity index (χ3n) is 9.89. The molecule has 288 valence electrons. The van der Waals surface area contributed by atoms with Crippen molar-refractivity contribution in [3.05, 3.63) is 12.2 Å². The van der Waals surface area contributed by atoms with Gasteiger partial charge in [0.15, 0.2) is 12.2 Å². The highest BCUT2D eigenvalue weighted by Crippen LogP contribution is 2.24. The van der Waals surface area contributed by atoms with Crippen molar-refractivity contribution >= 4 is 11.9 Å².